The van der Waals surface area contributed by atoms with Crippen LogP contribution >= 0.6 is 11.6 Å². The van der Waals surface area contributed by atoms with Crippen LogP contribution < -0.4 is 11.1 Å². The molecule has 1 heterocycles. The van der Waals surface area contributed by atoms with Gasteiger partial charge in [0, 0.05) is 23.3 Å². The highest BCUT2D eigenvalue weighted by atomic mass is 35.5. The largest absolute Gasteiger partial charge is 0.440 e. The second-order valence-electron chi connectivity index (χ2n) is 4.77. The smallest absolute Gasteiger partial charge is 0.406 e. The molecule has 22 heavy (non-hydrogen) atoms. The number of hydrogen-bond donors (Lipinski definition) is 1. The van der Waals surface area contributed by atoms with Gasteiger partial charge >= 0.3 is 5.76 Å². The number of para-hydroxylation sites is 2. The van der Waals surface area contributed by atoms with Gasteiger partial charge in [-0.1, -0.05) is 23.7 Å². The Bertz CT molecular complexity index is 925. The maximum atomic E-state index is 12.0. The Hall–Kier alpha value is -2.53. The number of fused-ring (bicyclic) bond motifs is 1. The van der Waals surface area contributed by atoms with E-state index in [9.17, 15) is 4.79 Å². The lowest BCUT2D eigenvalue weighted by molar-refractivity contribution is 0.525. The Morgan fingerprint density at radius 1 is 1.27 bits per heavy atom. The first-order chi connectivity index (χ1) is 10.6. The fourth-order valence-corrected chi connectivity index (χ4v) is 2.46. The van der Waals surface area contributed by atoms with Gasteiger partial charge in [0.15, 0.2) is 5.58 Å². The molecule has 3 rings (SSSR count). The van der Waals surface area contributed by atoms with Crippen molar-refractivity contribution >= 4 is 34.1 Å². The minimum atomic E-state index is -0.520. The maximum Gasteiger partial charge on any atom is 0.440 e. The molecule has 0 radical (unpaired) electrons. The average molecular weight is 316 g/mol. The van der Waals surface area contributed by atoms with Crippen molar-refractivity contribution in [2.45, 2.75) is 6.92 Å². The summed E-state index contributed by atoms with van der Waals surface area (Å²) in [6, 6.07) is 12.6. The third-order valence-electron chi connectivity index (χ3n) is 3.35. The molecule has 0 atom stereocenters. The van der Waals surface area contributed by atoms with Crippen LogP contribution in [-0.2, 0) is 0 Å². The fourth-order valence-electron chi connectivity index (χ4n) is 2.29. The summed E-state index contributed by atoms with van der Waals surface area (Å²) in [6.45, 7) is 1.82. The Morgan fingerprint density at radius 3 is 2.82 bits per heavy atom. The Labute approximate surface area is 131 Å². The summed E-state index contributed by atoms with van der Waals surface area (Å²) in [7, 11) is 1.82. The van der Waals surface area contributed by atoms with Crippen molar-refractivity contribution in [3.05, 3.63) is 63.6 Å². The average Bonchev–Trinajstić information content (AvgIpc) is 2.83. The zero-order valence-electron chi connectivity index (χ0n) is 12.1. The molecule has 112 valence electrons. The molecule has 2 aromatic carbocycles. The Morgan fingerprint density at radius 2 is 2.05 bits per heavy atom. The lowest BCUT2D eigenvalue weighted by Crippen LogP contribution is -2.12. The van der Waals surface area contributed by atoms with E-state index in [-0.39, 0.29) is 0 Å². The lowest BCUT2D eigenvalue weighted by atomic mass is 10.1. The Balaban J connectivity index is 2.17. The third kappa shape index (κ3) is 2.51. The molecule has 0 saturated heterocycles. The van der Waals surface area contributed by atoms with Gasteiger partial charge in [0.2, 0.25) is 0 Å². The van der Waals surface area contributed by atoms with Crippen LogP contribution in [0.25, 0.3) is 11.1 Å². The number of nitrogens with zero attached hydrogens (tertiary/aromatic N) is 2. The number of anilines is 1. The van der Waals surface area contributed by atoms with E-state index in [0.29, 0.717) is 21.8 Å². The minimum Gasteiger partial charge on any atom is -0.406 e. The van der Waals surface area contributed by atoms with Crippen molar-refractivity contribution in [2.24, 2.45) is 5.10 Å². The second-order valence-corrected chi connectivity index (χ2v) is 5.21. The zero-order chi connectivity index (χ0) is 15.7. The van der Waals surface area contributed by atoms with Crippen molar-refractivity contribution in [3.8, 4) is 0 Å². The van der Waals surface area contributed by atoms with Gasteiger partial charge in [-0.2, -0.15) is 9.78 Å². The monoisotopic (exact) mass is 315 g/mol. The highest BCUT2D eigenvalue weighted by molar-refractivity contribution is 6.31. The zero-order valence-corrected chi connectivity index (χ0v) is 12.9. The van der Waals surface area contributed by atoms with E-state index in [2.05, 4.69) is 10.4 Å². The van der Waals surface area contributed by atoms with E-state index in [4.69, 9.17) is 16.0 Å². The van der Waals surface area contributed by atoms with E-state index in [0.717, 1.165) is 11.3 Å². The number of rotatable bonds is 3. The van der Waals surface area contributed by atoms with Crippen molar-refractivity contribution in [2.75, 3.05) is 12.4 Å². The van der Waals surface area contributed by atoms with Crippen LogP contribution in [0.1, 0.15) is 12.5 Å². The van der Waals surface area contributed by atoms with Gasteiger partial charge in [-0.3, -0.25) is 0 Å². The number of oxazole rings is 1. The Kier molecular flexibility index (Phi) is 3.73. The first-order valence-corrected chi connectivity index (χ1v) is 7.12. The molecule has 3 aromatic rings. The summed E-state index contributed by atoms with van der Waals surface area (Å²) >= 11 is 6.06. The number of aromatic nitrogens is 1. The maximum absolute atomic E-state index is 12.0. The topological polar surface area (TPSA) is 59.5 Å². The highest BCUT2D eigenvalue weighted by Gasteiger charge is 2.10. The van der Waals surface area contributed by atoms with E-state index in [1.165, 1.54) is 4.68 Å². The van der Waals surface area contributed by atoms with Crippen LogP contribution in [0.4, 0.5) is 5.69 Å². The predicted octanol–water partition coefficient (Wildman–Crippen LogP) is 3.56. The summed E-state index contributed by atoms with van der Waals surface area (Å²) in [5.74, 6) is -0.520. The summed E-state index contributed by atoms with van der Waals surface area (Å²) in [5, 5.41) is 8.08. The number of nitrogens with one attached hydrogen (secondary N) is 1. The van der Waals surface area contributed by atoms with Gasteiger partial charge in [0.25, 0.3) is 0 Å². The van der Waals surface area contributed by atoms with Crippen LogP contribution in [-0.4, -0.2) is 17.4 Å². The van der Waals surface area contributed by atoms with Gasteiger partial charge in [-0.25, -0.2) is 4.79 Å². The molecule has 0 unspecified atom stereocenters. The first kappa shape index (κ1) is 14.4. The van der Waals surface area contributed by atoms with Crippen LogP contribution in [0.15, 0.2) is 56.8 Å². The molecule has 1 N–H and O–H groups in total. The summed E-state index contributed by atoms with van der Waals surface area (Å²) in [5.41, 5.74) is 3.49. The summed E-state index contributed by atoms with van der Waals surface area (Å²) < 4.78 is 6.43. The normalized spacial score (nSPS) is 11.9. The van der Waals surface area contributed by atoms with E-state index >= 15 is 0 Å². The number of benzene rings is 2. The van der Waals surface area contributed by atoms with Gasteiger partial charge in [0.05, 0.1) is 5.71 Å². The lowest BCUT2D eigenvalue weighted by Gasteiger charge is -2.09. The standard InChI is InChI=1S/C16H14ClN3O2/c1-10(12-9-11(17)7-8-13(12)18-2)19-20-14-5-3-4-6-15(14)22-16(20)21/h3-9,18H,1-2H3/b19-10+. The fraction of sp³-hybridized carbons (Fsp3) is 0.125. The molecule has 6 heteroatoms. The molecule has 0 amide bonds. The van der Waals surface area contributed by atoms with Gasteiger partial charge in [-0.15, -0.1) is 0 Å². The van der Waals surface area contributed by atoms with Crippen molar-refractivity contribution < 1.29 is 4.42 Å². The molecule has 0 fully saturated rings. The van der Waals surface area contributed by atoms with Gasteiger partial charge in [-0.05, 0) is 37.3 Å². The highest BCUT2D eigenvalue weighted by Crippen LogP contribution is 2.21. The first-order valence-electron chi connectivity index (χ1n) is 6.74. The quantitative estimate of drug-likeness (QED) is 0.752. The summed E-state index contributed by atoms with van der Waals surface area (Å²) in [4.78, 5) is 12.0. The van der Waals surface area contributed by atoms with E-state index in [1.54, 1.807) is 24.3 Å². The van der Waals surface area contributed by atoms with Crippen molar-refractivity contribution in [1.82, 2.24) is 4.68 Å². The molecule has 0 bridgehead atoms. The van der Waals surface area contributed by atoms with E-state index < -0.39 is 5.76 Å². The van der Waals surface area contributed by atoms with E-state index in [1.807, 2.05) is 32.2 Å². The molecule has 1 aromatic heterocycles. The van der Waals surface area contributed by atoms with Crippen molar-refractivity contribution in [3.63, 3.8) is 0 Å². The van der Waals surface area contributed by atoms with Gasteiger partial charge in [0.1, 0.15) is 5.52 Å². The molecular formula is C16H14ClN3O2. The van der Waals surface area contributed by atoms with Crippen molar-refractivity contribution in [1.29, 1.82) is 0 Å². The van der Waals surface area contributed by atoms with Crippen LogP contribution in [0.2, 0.25) is 5.02 Å². The number of halogens is 1. The summed E-state index contributed by atoms with van der Waals surface area (Å²) in [6.07, 6.45) is 0. The third-order valence-corrected chi connectivity index (χ3v) is 3.59. The SMILES string of the molecule is CNc1ccc(Cl)cc1/C(C)=N/n1c(=O)oc2ccccc21. The molecule has 0 spiro atoms. The van der Waals surface area contributed by atoms with Gasteiger partial charge < -0.3 is 9.73 Å². The molecule has 0 aliphatic heterocycles. The molecule has 0 aliphatic carbocycles. The van der Waals surface area contributed by atoms with Crippen LogP contribution in [0.5, 0.6) is 0 Å². The number of hydrogen-bond acceptors (Lipinski definition) is 4. The van der Waals surface area contributed by atoms with Crippen LogP contribution in [0, 0.1) is 0 Å². The van der Waals surface area contributed by atoms with Crippen LogP contribution in [0.3, 0.4) is 0 Å². The molecule has 0 aliphatic rings. The second kappa shape index (κ2) is 5.69. The molecule has 0 saturated carbocycles. The minimum absolute atomic E-state index is 0.504. The predicted molar refractivity (Wildman–Crippen MR) is 89.1 cm³/mol. The molecular weight excluding hydrogens is 302 g/mol. The molecule has 5 nitrogen and oxygen atoms in total.